The van der Waals surface area contributed by atoms with Crippen molar-refractivity contribution in [1.29, 1.82) is 0 Å². The Morgan fingerprint density at radius 3 is 2.50 bits per heavy atom. The molecule has 0 aliphatic heterocycles. The first-order valence-corrected chi connectivity index (χ1v) is 5.23. The molecule has 0 heterocycles. The van der Waals surface area contributed by atoms with E-state index in [4.69, 9.17) is 15.2 Å². The normalized spacial score (nSPS) is 12.2. The van der Waals surface area contributed by atoms with Crippen LogP contribution in [0.15, 0.2) is 30.3 Å². The van der Waals surface area contributed by atoms with Crippen molar-refractivity contribution in [3.8, 4) is 5.75 Å². The third-order valence-electron chi connectivity index (χ3n) is 1.83. The molecule has 1 rings (SSSR count). The molecule has 0 aliphatic rings. The Labute approximate surface area is 95.3 Å². The summed E-state index contributed by atoms with van der Waals surface area (Å²) in [6, 6.07) is 8.46. The molecule has 1 aromatic rings. The third kappa shape index (κ3) is 4.31. The number of nitrogens with two attached hydrogens (primary N) is 1. The van der Waals surface area contributed by atoms with Gasteiger partial charge in [-0.3, -0.25) is 4.79 Å². The highest BCUT2D eigenvalue weighted by atomic mass is 16.5. The minimum Gasteiger partial charge on any atom is -0.491 e. The van der Waals surface area contributed by atoms with Crippen LogP contribution in [0.5, 0.6) is 5.75 Å². The van der Waals surface area contributed by atoms with Crippen LogP contribution in [-0.4, -0.2) is 24.7 Å². The Morgan fingerprint density at radius 1 is 1.31 bits per heavy atom. The lowest BCUT2D eigenvalue weighted by Crippen LogP contribution is -2.38. The summed E-state index contributed by atoms with van der Waals surface area (Å²) in [5.74, 6) is 0.251. The van der Waals surface area contributed by atoms with Crippen molar-refractivity contribution < 1.29 is 14.3 Å². The lowest BCUT2D eigenvalue weighted by Gasteiger charge is -2.14. The van der Waals surface area contributed by atoms with Gasteiger partial charge in [-0.25, -0.2) is 0 Å². The Bertz CT molecular complexity index is 324. The number of carbonyl (C=O) groups excluding carboxylic acids is 1. The Hall–Kier alpha value is -1.55. The van der Waals surface area contributed by atoms with E-state index in [9.17, 15) is 4.79 Å². The molecule has 1 atom stereocenters. The van der Waals surface area contributed by atoms with Gasteiger partial charge in [0, 0.05) is 0 Å². The second-order valence-electron chi connectivity index (χ2n) is 3.72. The SMILES string of the molecule is CC(C)OC(=O)C(N)COc1ccccc1. The van der Waals surface area contributed by atoms with E-state index in [-0.39, 0.29) is 12.7 Å². The van der Waals surface area contributed by atoms with Gasteiger partial charge in [0.25, 0.3) is 0 Å². The van der Waals surface area contributed by atoms with Gasteiger partial charge in [-0.2, -0.15) is 0 Å². The molecule has 4 heteroatoms. The van der Waals surface area contributed by atoms with Gasteiger partial charge in [-0.1, -0.05) is 18.2 Å². The molecule has 4 nitrogen and oxygen atoms in total. The summed E-state index contributed by atoms with van der Waals surface area (Å²) < 4.78 is 10.3. The molecule has 0 aliphatic carbocycles. The zero-order valence-electron chi connectivity index (χ0n) is 9.55. The molecule has 2 N–H and O–H groups in total. The number of para-hydroxylation sites is 1. The first-order chi connectivity index (χ1) is 7.59. The van der Waals surface area contributed by atoms with Crippen LogP contribution in [0.2, 0.25) is 0 Å². The number of rotatable bonds is 5. The second kappa shape index (κ2) is 6.12. The molecular formula is C12H17NO3. The molecule has 0 saturated carbocycles. The fraction of sp³-hybridized carbons (Fsp3) is 0.417. The van der Waals surface area contributed by atoms with Crippen molar-refractivity contribution in [3.63, 3.8) is 0 Å². The van der Waals surface area contributed by atoms with E-state index in [0.29, 0.717) is 5.75 Å². The van der Waals surface area contributed by atoms with Crippen LogP contribution >= 0.6 is 0 Å². The Balaban J connectivity index is 2.35. The Morgan fingerprint density at radius 2 is 1.94 bits per heavy atom. The van der Waals surface area contributed by atoms with Crippen LogP contribution in [-0.2, 0) is 9.53 Å². The summed E-state index contributed by atoms with van der Waals surface area (Å²) in [6.45, 7) is 3.68. The lowest BCUT2D eigenvalue weighted by atomic mass is 10.3. The van der Waals surface area contributed by atoms with Crippen molar-refractivity contribution in [2.45, 2.75) is 26.0 Å². The molecular weight excluding hydrogens is 206 g/mol. The van der Waals surface area contributed by atoms with E-state index in [2.05, 4.69) is 0 Å². The molecule has 0 bridgehead atoms. The number of esters is 1. The van der Waals surface area contributed by atoms with Gasteiger partial charge in [-0.15, -0.1) is 0 Å². The number of ether oxygens (including phenoxy) is 2. The summed E-state index contributed by atoms with van der Waals surface area (Å²) >= 11 is 0. The van der Waals surface area contributed by atoms with Crippen molar-refractivity contribution in [2.24, 2.45) is 5.73 Å². The van der Waals surface area contributed by atoms with E-state index < -0.39 is 12.0 Å². The average molecular weight is 223 g/mol. The van der Waals surface area contributed by atoms with Gasteiger partial charge in [0.15, 0.2) is 0 Å². The first-order valence-electron chi connectivity index (χ1n) is 5.23. The van der Waals surface area contributed by atoms with E-state index >= 15 is 0 Å². The summed E-state index contributed by atoms with van der Waals surface area (Å²) in [4.78, 5) is 11.3. The van der Waals surface area contributed by atoms with Gasteiger partial charge in [0.2, 0.25) is 0 Å². The predicted octanol–water partition coefficient (Wildman–Crippen LogP) is 1.34. The fourth-order valence-corrected chi connectivity index (χ4v) is 1.09. The van der Waals surface area contributed by atoms with Crippen LogP contribution in [0.25, 0.3) is 0 Å². The van der Waals surface area contributed by atoms with Gasteiger partial charge in [0.05, 0.1) is 6.10 Å². The summed E-state index contributed by atoms with van der Waals surface area (Å²) in [7, 11) is 0. The maximum Gasteiger partial charge on any atom is 0.326 e. The first kappa shape index (κ1) is 12.5. The largest absolute Gasteiger partial charge is 0.491 e. The Kier molecular flexibility index (Phi) is 4.79. The molecule has 0 saturated heterocycles. The minimum absolute atomic E-state index is 0.121. The molecule has 0 fully saturated rings. The summed E-state index contributed by atoms with van der Waals surface area (Å²) in [6.07, 6.45) is -0.157. The van der Waals surface area contributed by atoms with Gasteiger partial charge >= 0.3 is 5.97 Å². The van der Waals surface area contributed by atoms with Crippen LogP contribution in [0.1, 0.15) is 13.8 Å². The second-order valence-corrected chi connectivity index (χ2v) is 3.72. The van der Waals surface area contributed by atoms with E-state index in [0.717, 1.165) is 0 Å². The average Bonchev–Trinajstić information content (AvgIpc) is 2.26. The van der Waals surface area contributed by atoms with Crippen LogP contribution in [0.4, 0.5) is 0 Å². The zero-order chi connectivity index (χ0) is 12.0. The molecule has 1 unspecified atom stereocenters. The highest BCUT2D eigenvalue weighted by Gasteiger charge is 2.16. The maximum atomic E-state index is 11.3. The predicted molar refractivity (Wildman–Crippen MR) is 61.1 cm³/mol. The van der Waals surface area contributed by atoms with Gasteiger partial charge in [-0.05, 0) is 26.0 Å². The molecule has 88 valence electrons. The van der Waals surface area contributed by atoms with Crippen LogP contribution in [0.3, 0.4) is 0 Å². The molecule has 0 aromatic heterocycles. The fourth-order valence-electron chi connectivity index (χ4n) is 1.09. The monoisotopic (exact) mass is 223 g/mol. The van der Waals surface area contributed by atoms with Gasteiger partial charge < -0.3 is 15.2 Å². The zero-order valence-corrected chi connectivity index (χ0v) is 9.55. The standard InChI is InChI=1S/C12H17NO3/c1-9(2)16-12(14)11(13)8-15-10-6-4-3-5-7-10/h3-7,9,11H,8,13H2,1-2H3. The van der Waals surface area contributed by atoms with Gasteiger partial charge in [0.1, 0.15) is 18.4 Å². The van der Waals surface area contributed by atoms with Crippen molar-refractivity contribution in [2.75, 3.05) is 6.61 Å². The number of hydrogen-bond donors (Lipinski definition) is 1. The molecule has 0 amide bonds. The summed E-state index contributed by atoms with van der Waals surface area (Å²) in [5, 5.41) is 0. The molecule has 0 spiro atoms. The van der Waals surface area contributed by atoms with Crippen molar-refractivity contribution in [3.05, 3.63) is 30.3 Å². The minimum atomic E-state index is -0.748. The van der Waals surface area contributed by atoms with E-state index in [1.165, 1.54) is 0 Å². The number of hydrogen-bond acceptors (Lipinski definition) is 4. The smallest absolute Gasteiger partial charge is 0.326 e. The molecule has 1 aromatic carbocycles. The highest BCUT2D eigenvalue weighted by molar-refractivity contribution is 5.75. The van der Waals surface area contributed by atoms with Crippen molar-refractivity contribution >= 4 is 5.97 Å². The number of carbonyl (C=O) groups is 1. The van der Waals surface area contributed by atoms with Crippen molar-refractivity contribution in [1.82, 2.24) is 0 Å². The number of benzene rings is 1. The highest BCUT2D eigenvalue weighted by Crippen LogP contribution is 2.08. The van der Waals surface area contributed by atoms with E-state index in [1.807, 2.05) is 18.2 Å². The third-order valence-corrected chi connectivity index (χ3v) is 1.83. The van der Waals surface area contributed by atoms with Crippen LogP contribution in [0, 0.1) is 0 Å². The van der Waals surface area contributed by atoms with Crippen LogP contribution < -0.4 is 10.5 Å². The molecule has 0 radical (unpaired) electrons. The van der Waals surface area contributed by atoms with E-state index in [1.54, 1.807) is 26.0 Å². The maximum absolute atomic E-state index is 11.3. The lowest BCUT2D eigenvalue weighted by molar-refractivity contribution is -0.149. The quantitative estimate of drug-likeness (QED) is 0.765. The molecule has 16 heavy (non-hydrogen) atoms. The summed E-state index contributed by atoms with van der Waals surface area (Å²) in [5.41, 5.74) is 5.61. The topological polar surface area (TPSA) is 61.5 Å².